The molecule has 1 heterocycles. The van der Waals surface area contributed by atoms with Gasteiger partial charge >= 0.3 is 5.97 Å². The van der Waals surface area contributed by atoms with E-state index in [0.29, 0.717) is 10.7 Å². The number of carbonyl (C=O) groups is 1. The zero-order chi connectivity index (χ0) is 17.8. The molecule has 0 unspecified atom stereocenters. The number of carbonyl (C=O) groups excluding carboxylic acids is 1. The molecular formula is C18H14Cl2N2O2S. The van der Waals surface area contributed by atoms with Crippen molar-refractivity contribution in [2.45, 2.75) is 13.5 Å². The van der Waals surface area contributed by atoms with Crippen LogP contribution in [-0.2, 0) is 11.3 Å². The Morgan fingerprint density at radius 2 is 1.96 bits per heavy atom. The molecule has 0 amide bonds. The van der Waals surface area contributed by atoms with Gasteiger partial charge in [0.2, 0.25) is 0 Å². The molecule has 1 N–H and O–H groups in total. The first-order valence-electron chi connectivity index (χ1n) is 7.41. The first-order chi connectivity index (χ1) is 12.0. The monoisotopic (exact) mass is 392 g/mol. The van der Waals surface area contributed by atoms with Crippen molar-refractivity contribution >= 4 is 51.3 Å². The summed E-state index contributed by atoms with van der Waals surface area (Å²) in [6.07, 6.45) is 0. The lowest BCUT2D eigenvalue weighted by molar-refractivity contribution is 0.0468. The van der Waals surface area contributed by atoms with Crippen molar-refractivity contribution in [3.05, 3.63) is 74.7 Å². The van der Waals surface area contributed by atoms with E-state index in [4.69, 9.17) is 27.9 Å². The third-order valence-electron chi connectivity index (χ3n) is 3.36. The number of ether oxygens (including phenoxy) is 1. The van der Waals surface area contributed by atoms with Gasteiger partial charge in [-0.2, -0.15) is 0 Å². The molecule has 0 fully saturated rings. The molecule has 3 aromatic rings. The van der Waals surface area contributed by atoms with Gasteiger partial charge in [-0.25, -0.2) is 9.78 Å². The Labute approximate surface area is 159 Å². The van der Waals surface area contributed by atoms with Gasteiger partial charge in [0.15, 0.2) is 5.13 Å². The first-order valence-corrected chi connectivity index (χ1v) is 9.05. The number of esters is 1. The second kappa shape index (κ2) is 7.87. The lowest BCUT2D eigenvalue weighted by atomic mass is 10.2. The number of aromatic nitrogens is 1. The van der Waals surface area contributed by atoms with Crippen LogP contribution in [0.4, 0.5) is 10.8 Å². The zero-order valence-electron chi connectivity index (χ0n) is 13.3. The molecule has 0 atom stereocenters. The Kier molecular flexibility index (Phi) is 5.58. The van der Waals surface area contributed by atoms with Crippen LogP contribution in [-0.4, -0.2) is 11.0 Å². The SMILES string of the molecule is Cc1ccc(Nc2nc(COC(=O)c3ccc(Cl)cc3Cl)cs2)cc1. The second-order valence-corrected chi connectivity index (χ2v) is 7.04. The summed E-state index contributed by atoms with van der Waals surface area (Å²) in [5.41, 5.74) is 3.09. The van der Waals surface area contributed by atoms with Crippen molar-refractivity contribution in [1.82, 2.24) is 4.98 Å². The maximum Gasteiger partial charge on any atom is 0.340 e. The fraction of sp³-hybridized carbons (Fsp3) is 0.111. The lowest BCUT2D eigenvalue weighted by Gasteiger charge is -2.05. The van der Waals surface area contributed by atoms with Gasteiger partial charge in [0, 0.05) is 16.1 Å². The van der Waals surface area contributed by atoms with Gasteiger partial charge in [0.1, 0.15) is 6.61 Å². The Morgan fingerprint density at radius 1 is 1.20 bits per heavy atom. The van der Waals surface area contributed by atoms with Gasteiger partial charge in [-0.05, 0) is 37.3 Å². The van der Waals surface area contributed by atoms with Crippen LogP contribution >= 0.6 is 34.5 Å². The van der Waals surface area contributed by atoms with Crippen molar-refractivity contribution in [2.24, 2.45) is 0 Å². The molecule has 0 bridgehead atoms. The van der Waals surface area contributed by atoms with Gasteiger partial charge in [0.25, 0.3) is 0 Å². The summed E-state index contributed by atoms with van der Waals surface area (Å²) in [4.78, 5) is 16.5. The van der Waals surface area contributed by atoms with Crippen LogP contribution < -0.4 is 5.32 Å². The number of nitrogens with one attached hydrogen (secondary N) is 1. The molecule has 0 saturated carbocycles. The number of thiazole rings is 1. The van der Waals surface area contributed by atoms with Gasteiger partial charge in [0.05, 0.1) is 16.3 Å². The normalized spacial score (nSPS) is 10.5. The Bertz CT molecular complexity index is 894. The van der Waals surface area contributed by atoms with Gasteiger partial charge < -0.3 is 10.1 Å². The fourth-order valence-corrected chi connectivity index (χ4v) is 3.26. The van der Waals surface area contributed by atoms with Crippen LogP contribution in [0.5, 0.6) is 0 Å². The van der Waals surface area contributed by atoms with Crippen LogP contribution in [0.25, 0.3) is 0 Å². The summed E-state index contributed by atoms with van der Waals surface area (Å²) in [5, 5.41) is 6.52. The topological polar surface area (TPSA) is 51.2 Å². The smallest absolute Gasteiger partial charge is 0.340 e. The summed E-state index contributed by atoms with van der Waals surface area (Å²) in [6.45, 7) is 2.11. The van der Waals surface area contributed by atoms with Crippen LogP contribution in [0, 0.1) is 6.92 Å². The highest BCUT2D eigenvalue weighted by atomic mass is 35.5. The lowest BCUT2D eigenvalue weighted by Crippen LogP contribution is -2.06. The average molecular weight is 393 g/mol. The molecular weight excluding hydrogens is 379 g/mol. The molecule has 0 aliphatic carbocycles. The number of rotatable bonds is 5. The fourth-order valence-electron chi connectivity index (χ4n) is 2.06. The summed E-state index contributed by atoms with van der Waals surface area (Å²) in [5.74, 6) is -0.511. The molecule has 1 aromatic heterocycles. The molecule has 25 heavy (non-hydrogen) atoms. The maximum absolute atomic E-state index is 12.1. The molecule has 0 saturated heterocycles. The summed E-state index contributed by atoms with van der Waals surface area (Å²) in [6, 6.07) is 12.7. The molecule has 0 spiro atoms. The van der Waals surface area contributed by atoms with E-state index >= 15 is 0 Å². The molecule has 128 valence electrons. The number of anilines is 2. The highest BCUT2D eigenvalue weighted by molar-refractivity contribution is 7.13. The van der Waals surface area contributed by atoms with Crippen LogP contribution in [0.2, 0.25) is 10.0 Å². The second-order valence-electron chi connectivity index (χ2n) is 5.34. The predicted molar refractivity (Wildman–Crippen MR) is 102 cm³/mol. The van der Waals surface area contributed by atoms with Gasteiger partial charge in [-0.15, -0.1) is 11.3 Å². The van der Waals surface area contributed by atoms with Crippen molar-refractivity contribution in [1.29, 1.82) is 0 Å². The van der Waals surface area contributed by atoms with E-state index in [2.05, 4.69) is 10.3 Å². The highest BCUT2D eigenvalue weighted by Crippen LogP contribution is 2.24. The number of halogens is 2. The summed E-state index contributed by atoms with van der Waals surface area (Å²) in [7, 11) is 0. The third-order valence-corrected chi connectivity index (χ3v) is 4.71. The van der Waals surface area contributed by atoms with E-state index in [9.17, 15) is 4.79 Å². The minimum Gasteiger partial charge on any atom is -0.456 e. The average Bonchev–Trinajstić information content (AvgIpc) is 3.02. The van der Waals surface area contributed by atoms with E-state index in [1.54, 1.807) is 12.1 Å². The van der Waals surface area contributed by atoms with E-state index in [1.807, 2.05) is 36.6 Å². The first kappa shape index (κ1) is 17.7. The number of hydrogen-bond donors (Lipinski definition) is 1. The minimum absolute atomic E-state index is 0.0733. The van der Waals surface area contributed by atoms with Crippen LogP contribution in [0.3, 0.4) is 0 Å². The maximum atomic E-state index is 12.1. The summed E-state index contributed by atoms with van der Waals surface area (Å²) < 4.78 is 5.26. The van der Waals surface area contributed by atoms with Crippen LogP contribution in [0.15, 0.2) is 47.8 Å². The highest BCUT2D eigenvalue weighted by Gasteiger charge is 2.13. The quantitative estimate of drug-likeness (QED) is 0.552. The molecule has 0 aliphatic heterocycles. The number of aryl methyl sites for hydroxylation is 1. The number of nitrogens with zero attached hydrogens (tertiary/aromatic N) is 1. The molecule has 3 rings (SSSR count). The Morgan fingerprint density at radius 3 is 2.68 bits per heavy atom. The number of hydrogen-bond acceptors (Lipinski definition) is 5. The number of benzene rings is 2. The Hall–Kier alpha value is -2.08. The van der Waals surface area contributed by atoms with E-state index < -0.39 is 5.97 Å². The Balaban J connectivity index is 1.59. The predicted octanol–water partition coefficient (Wildman–Crippen LogP) is 5.86. The van der Waals surface area contributed by atoms with Gasteiger partial charge in [-0.3, -0.25) is 0 Å². The molecule has 0 aliphatic rings. The van der Waals surface area contributed by atoms with Crippen molar-refractivity contribution < 1.29 is 9.53 Å². The van der Waals surface area contributed by atoms with E-state index in [0.717, 1.165) is 10.8 Å². The zero-order valence-corrected chi connectivity index (χ0v) is 15.6. The van der Waals surface area contributed by atoms with Crippen molar-refractivity contribution in [3.8, 4) is 0 Å². The largest absolute Gasteiger partial charge is 0.456 e. The molecule has 0 radical (unpaired) electrons. The standard InChI is InChI=1S/C18H14Cl2N2O2S/c1-11-2-5-13(6-3-11)21-18-22-14(10-25-18)9-24-17(23)15-7-4-12(19)8-16(15)20/h2-8,10H,9H2,1H3,(H,21,22). The van der Waals surface area contributed by atoms with Crippen molar-refractivity contribution in [2.75, 3.05) is 5.32 Å². The molecule has 4 nitrogen and oxygen atoms in total. The third kappa shape index (κ3) is 4.72. The minimum atomic E-state index is -0.511. The molecule has 2 aromatic carbocycles. The van der Waals surface area contributed by atoms with Crippen molar-refractivity contribution in [3.63, 3.8) is 0 Å². The van der Waals surface area contributed by atoms with Crippen LogP contribution in [0.1, 0.15) is 21.6 Å². The van der Waals surface area contributed by atoms with Gasteiger partial charge in [-0.1, -0.05) is 40.9 Å². The summed E-state index contributed by atoms with van der Waals surface area (Å²) >= 11 is 13.3. The van der Waals surface area contributed by atoms with E-state index in [1.165, 1.54) is 23.0 Å². The van der Waals surface area contributed by atoms with E-state index in [-0.39, 0.29) is 17.2 Å². The molecule has 7 heteroatoms.